The van der Waals surface area contributed by atoms with Crippen molar-refractivity contribution in [1.82, 2.24) is 0 Å². The Morgan fingerprint density at radius 1 is 0.844 bits per heavy atom. The van der Waals surface area contributed by atoms with E-state index in [0.717, 1.165) is 23.3 Å². The van der Waals surface area contributed by atoms with Crippen molar-refractivity contribution in [2.24, 2.45) is 0 Å². The summed E-state index contributed by atoms with van der Waals surface area (Å²) in [4.78, 5) is 12.4. The lowest BCUT2D eigenvalue weighted by Gasteiger charge is -2.15. The highest BCUT2D eigenvalue weighted by atomic mass is 16.5. The summed E-state index contributed by atoms with van der Waals surface area (Å²) in [6.07, 6.45) is 6.28. The Kier molecular flexibility index (Phi) is 8.45. The second kappa shape index (κ2) is 11.7. The van der Waals surface area contributed by atoms with E-state index in [1.165, 1.54) is 25.7 Å². The molecule has 0 aliphatic carbocycles. The van der Waals surface area contributed by atoms with Crippen molar-refractivity contribution in [2.45, 2.75) is 52.1 Å². The van der Waals surface area contributed by atoms with Gasteiger partial charge >= 0.3 is 5.97 Å². The molecule has 1 unspecified atom stereocenters. The molecular weight excluding hydrogens is 398 g/mol. The van der Waals surface area contributed by atoms with E-state index in [2.05, 4.69) is 13.8 Å². The molecule has 3 aromatic carbocycles. The first kappa shape index (κ1) is 23.1. The number of nitriles is 1. The van der Waals surface area contributed by atoms with E-state index in [9.17, 15) is 4.79 Å². The fourth-order valence-electron chi connectivity index (χ4n) is 3.44. The van der Waals surface area contributed by atoms with Crippen LogP contribution in [0.4, 0.5) is 0 Å². The molecule has 164 valence electrons. The number of benzene rings is 3. The number of rotatable bonds is 10. The van der Waals surface area contributed by atoms with Gasteiger partial charge in [-0.15, -0.1) is 0 Å². The molecule has 0 aromatic heterocycles. The van der Waals surface area contributed by atoms with E-state index in [1.807, 2.05) is 42.5 Å². The van der Waals surface area contributed by atoms with Crippen molar-refractivity contribution in [1.29, 1.82) is 5.26 Å². The normalized spacial score (nSPS) is 11.4. The number of ether oxygens (including phenoxy) is 2. The third-order valence-corrected chi connectivity index (χ3v) is 5.30. The van der Waals surface area contributed by atoms with Crippen molar-refractivity contribution in [2.75, 3.05) is 0 Å². The molecule has 0 heterocycles. The molecule has 0 saturated heterocycles. The van der Waals surface area contributed by atoms with Crippen LogP contribution in [0.25, 0.3) is 11.1 Å². The SMILES string of the molecule is CCCCCCC(C)Oc1ccc(-c2ccc(C(=O)Oc3ccc(C#N)cc3)cc2)cc1. The van der Waals surface area contributed by atoms with Crippen LogP contribution < -0.4 is 9.47 Å². The van der Waals surface area contributed by atoms with Gasteiger partial charge in [0.1, 0.15) is 11.5 Å². The van der Waals surface area contributed by atoms with Gasteiger partial charge in [0.05, 0.1) is 23.3 Å². The average Bonchev–Trinajstić information content (AvgIpc) is 2.83. The van der Waals surface area contributed by atoms with Crippen LogP contribution in [0.15, 0.2) is 72.8 Å². The Bertz CT molecular complexity index is 1030. The summed E-state index contributed by atoms with van der Waals surface area (Å²) in [6.45, 7) is 4.34. The molecule has 3 rings (SSSR count). The van der Waals surface area contributed by atoms with Crippen molar-refractivity contribution in [3.8, 4) is 28.7 Å². The van der Waals surface area contributed by atoms with Crippen LogP contribution in [-0.2, 0) is 0 Å². The maximum atomic E-state index is 12.4. The minimum Gasteiger partial charge on any atom is -0.491 e. The monoisotopic (exact) mass is 427 g/mol. The van der Waals surface area contributed by atoms with Gasteiger partial charge in [-0.3, -0.25) is 0 Å². The lowest BCUT2D eigenvalue weighted by atomic mass is 10.0. The van der Waals surface area contributed by atoms with Crippen LogP contribution in [0.1, 0.15) is 61.9 Å². The van der Waals surface area contributed by atoms with Gasteiger partial charge in [-0.05, 0) is 79.4 Å². The minimum absolute atomic E-state index is 0.208. The van der Waals surface area contributed by atoms with Crippen LogP contribution in [0.2, 0.25) is 0 Å². The van der Waals surface area contributed by atoms with Gasteiger partial charge in [0.15, 0.2) is 0 Å². The predicted molar refractivity (Wildman–Crippen MR) is 127 cm³/mol. The minimum atomic E-state index is -0.432. The number of carbonyl (C=O) groups excluding carboxylic acids is 1. The summed E-state index contributed by atoms with van der Waals surface area (Å²) in [7, 11) is 0. The van der Waals surface area contributed by atoms with E-state index in [1.54, 1.807) is 36.4 Å². The molecule has 0 fully saturated rings. The van der Waals surface area contributed by atoms with Crippen molar-refractivity contribution in [3.63, 3.8) is 0 Å². The third kappa shape index (κ3) is 6.72. The number of hydrogen-bond donors (Lipinski definition) is 0. The Morgan fingerprint density at radius 3 is 2.03 bits per heavy atom. The summed E-state index contributed by atoms with van der Waals surface area (Å²) in [5.74, 6) is 0.852. The number of carbonyl (C=O) groups is 1. The Hall–Kier alpha value is -3.58. The number of nitrogens with zero attached hydrogens (tertiary/aromatic N) is 1. The standard InChI is InChI=1S/C28H29NO3/c1-3-4-5-6-7-21(2)31-26-18-14-24(15-19-26)23-10-12-25(13-11-23)28(30)32-27-16-8-22(20-29)9-17-27/h8-19,21H,3-7H2,1-2H3. The molecule has 0 saturated carbocycles. The number of unbranched alkanes of at least 4 members (excludes halogenated alkanes) is 3. The molecule has 32 heavy (non-hydrogen) atoms. The highest BCUT2D eigenvalue weighted by Gasteiger charge is 2.10. The lowest BCUT2D eigenvalue weighted by Crippen LogP contribution is -2.11. The van der Waals surface area contributed by atoms with E-state index in [0.29, 0.717) is 16.9 Å². The van der Waals surface area contributed by atoms with Gasteiger partial charge in [-0.25, -0.2) is 4.79 Å². The zero-order valence-corrected chi connectivity index (χ0v) is 18.7. The molecule has 0 N–H and O–H groups in total. The zero-order valence-electron chi connectivity index (χ0n) is 18.7. The average molecular weight is 428 g/mol. The van der Waals surface area contributed by atoms with Gasteiger partial charge in [0.25, 0.3) is 0 Å². The summed E-state index contributed by atoms with van der Waals surface area (Å²) in [6, 6.07) is 23.9. The first-order valence-electron chi connectivity index (χ1n) is 11.2. The van der Waals surface area contributed by atoms with Crippen LogP contribution in [0.5, 0.6) is 11.5 Å². The molecule has 0 bridgehead atoms. The fraction of sp³-hybridized carbons (Fsp3) is 0.286. The number of esters is 1. The van der Waals surface area contributed by atoms with Crippen molar-refractivity contribution in [3.05, 3.63) is 83.9 Å². The maximum Gasteiger partial charge on any atom is 0.343 e. The van der Waals surface area contributed by atoms with Crippen LogP contribution in [0, 0.1) is 11.3 Å². The smallest absolute Gasteiger partial charge is 0.343 e. The molecule has 4 nitrogen and oxygen atoms in total. The van der Waals surface area contributed by atoms with Gasteiger partial charge in [0, 0.05) is 0 Å². The molecule has 4 heteroatoms. The predicted octanol–water partition coefficient (Wildman–Crippen LogP) is 7.18. The molecule has 0 amide bonds. The molecule has 0 spiro atoms. The molecule has 0 aliphatic heterocycles. The third-order valence-electron chi connectivity index (χ3n) is 5.30. The summed E-state index contributed by atoms with van der Waals surface area (Å²) in [5, 5.41) is 8.84. The van der Waals surface area contributed by atoms with Crippen LogP contribution in [-0.4, -0.2) is 12.1 Å². The van der Waals surface area contributed by atoms with Crippen molar-refractivity contribution >= 4 is 5.97 Å². The molecule has 0 radical (unpaired) electrons. The van der Waals surface area contributed by atoms with E-state index in [-0.39, 0.29) is 6.10 Å². The maximum absolute atomic E-state index is 12.4. The van der Waals surface area contributed by atoms with Gasteiger partial charge in [-0.2, -0.15) is 5.26 Å². The van der Waals surface area contributed by atoms with Gasteiger partial charge < -0.3 is 9.47 Å². The highest BCUT2D eigenvalue weighted by molar-refractivity contribution is 5.91. The highest BCUT2D eigenvalue weighted by Crippen LogP contribution is 2.24. The largest absolute Gasteiger partial charge is 0.491 e. The zero-order chi connectivity index (χ0) is 22.8. The fourth-order valence-corrected chi connectivity index (χ4v) is 3.44. The van der Waals surface area contributed by atoms with Crippen LogP contribution >= 0.6 is 0 Å². The first-order valence-corrected chi connectivity index (χ1v) is 11.2. The second-order valence-corrected chi connectivity index (χ2v) is 7.91. The Balaban J connectivity index is 1.55. The van der Waals surface area contributed by atoms with Gasteiger partial charge in [0.2, 0.25) is 0 Å². The van der Waals surface area contributed by atoms with E-state index < -0.39 is 5.97 Å². The first-order chi connectivity index (χ1) is 15.6. The number of hydrogen-bond acceptors (Lipinski definition) is 4. The molecule has 0 aliphatic rings. The van der Waals surface area contributed by atoms with Crippen molar-refractivity contribution < 1.29 is 14.3 Å². The Labute approximate surface area is 190 Å². The summed E-state index contributed by atoms with van der Waals surface area (Å²) >= 11 is 0. The lowest BCUT2D eigenvalue weighted by molar-refractivity contribution is 0.0735. The summed E-state index contributed by atoms with van der Waals surface area (Å²) in [5.41, 5.74) is 3.06. The summed E-state index contributed by atoms with van der Waals surface area (Å²) < 4.78 is 11.4. The topological polar surface area (TPSA) is 59.3 Å². The van der Waals surface area contributed by atoms with Crippen LogP contribution in [0.3, 0.4) is 0 Å². The van der Waals surface area contributed by atoms with E-state index >= 15 is 0 Å². The Morgan fingerprint density at radius 2 is 1.44 bits per heavy atom. The van der Waals surface area contributed by atoms with Gasteiger partial charge in [-0.1, -0.05) is 50.5 Å². The molecular formula is C28H29NO3. The quantitative estimate of drug-likeness (QED) is 0.195. The second-order valence-electron chi connectivity index (χ2n) is 7.91. The van der Waals surface area contributed by atoms with E-state index in [4.69, 9.17) is 14.7 Å². The molecule has 3 aromatic rings. The molecule has 1 atom stereocenters.